The van der Waals surface area contributed by atoms with Gasteiger partial charge in [-0.3, -0.25) is 19.2 Å². The Labute approximate surface area is 359 Å². The smallest absolute Gasteiger partial charge is 0.316 e. The van der Waals surface area contributed by atoms with E-state index in [0.29, 0.717) is 34.9 Å². The number of fused-ring (bicyclic) bond motifs is 4. The molecule has 5 aromatic rings. The summed E-state index contributed by atoms with van der Waals surface area (Å²) in [6.07, 6.45) is 8.08. The van der Waals surface area contributed by atoms with Crippen molar-refractivity contribution in [2.45, 2.75) is 57.8 Å². The highest BCUT2D eigenvalue weighted by Gasteiger charge is 2.36. The van der Waals surface area contributed by atoms with Crippen LogP contribution in [0, 0.1) is 16.6 Å². The highest BCUT2D eigenvalue weighted by Crippen LogP contribution is 2.35. The fourth-order valence-corrected chi connectivity index (χ4v) is 9.29. The number of methoxy groups -OCH3 is 1. The van der Waals surface area contributed by atoms with Crippen LogP contribution in [0.1, 0.15) is 79.1 Å². The number of halogens is 4. The number of nitrogens with one attached hydrogen (secondary N) is 2. The molecule has 0 saturated carbocycles. The summed E-state index contributed by atoms with van der Waals surface area (Å²) >= 11 is 18.7. The number of aromatic nitrogens is 2. The van der Waals surface area contributed by atoms with E-state index in [0.717, 1.165) is 61.1 Å². The van der Waals surface area contributed by atoms with E-state index in [2.05, 4.69) is 109 Å². The molecule has 0 fully saturated rings. The normalized spacial score (nSPS) is 18.3. The maximum absolute atomic E-state index is 11.8. The number of carbonyl (C=O) groups excluding carboxylic acids is 4. The average molecular weight is 1010 g/mol. The lowest BCUT2D eigenvalue weighted by Crippen LogP contribution is -2.21. The van der Waals surface area contributed by atoms with Crippen molar-refractivity contribution >= 4 is 99.3 Å². The molecule has 4 aliphatic rings. The minimum atomic E-state index is -0.653. The Bertz CT molecular complexity index is 2350. The first-order valence-electron chi connectivity index (χ1n) is 17.8. The first-order chi connectivity index (χ1) is 26.3. The first kappa shape index (κ1) is 41.3. The van der Waals surface area contributed by atoms with Gasteiger partial charge >= 0.3 is 5.97 Å². The predicted octanol–water partition coefficient (Wildman–Crippen LogP) is 11.0. The number of hydrogen-bond acceptors (Lipinski definition) is 6. The van der Waals surface area contributed by atoms with Crippen LogP contribution in [0.25, 0.3) is 0 Å². The van der Waals surface area contributed by atoms with Crippen LogP contribution in [-0.4, -0.2) is 40.4 Å². The fourth-order valence-electron chi connectivity index (χ4n) is 7.48. The van der Waals surface area contributed by atoms with E-state index >= 15 is 0 Å². The summed E-state index contributed by atoms with van der Waals surface area (Å²) in [5.41, 5.74) is 10.4. The molecule has 1 aromatic heterocycles. The number of Topliss-reactive ketones (excluding diaryl/α,β-unsaturated/α-hetero) is 3. The number of imidazole rings is 1. The van der Waals surface area contributed by atoms with Crippen LogP contribution in [0.2, 0.25) is 0 Å². The van der Waals surface area contributed by atoms with Gasteiger partial charge in [0.05, 0.1) is 7.11 Å². The van der Waals surface area contributed by atoms with E-state index in [4.69, 9.17) is 12.2 Å². The van der Waals surface area contributed by atoms with E-state index < -0.39 is 11.9 Å². The number of H-pyrrole nitrogens is 2. The molecule has 3 unspecified atom stereocenters. The summed E-state index contributed by atoms with van der Waals surface area (Å²) in [5, 5.41) is 0. The summed E-state index contributed by atoms with van der Waals surface area (Å²) in [6, 6.07) is 24.1. The van der Waals surface area contributed by atoms with Crippen LogP contribution in [0.4, 0.5) is 0 Å². The van der Waals surface area contributed by atoms with Crippen molar-refractivity contribution in [3.8, 4) is 0 Å². The second kappa shape index (κ2) is 18.3. The highest BCUT2D eigenvalue weighted by atomic mass is 79.9. The predicted molar refractivity (Wildman–Crippen MR) is 230 cm³/mol. The lowest BCUT2D eigenvalue weighted by atomic mass is 10.0. The third kappa shape index (κ3) is 10.2. The van der Waals surface area contributed by atoms with E-state index in [-0.39, 0.29) is 17.5 Å². The van der Waals surface area contributed by atoms with Crippen molar-refractivity contribution in [3.05, 3.63) is 152 Å². The molecule has 284 valence electrons. The molecular formula is C43H38Br4N2O5S. The van der Waals surface area contributed by atoms with E-state index in [1.54, 1.807) is 19.1 Å². The van der Waals surface area contributed by atoms with Crippen molar-refractivity contribution < 1.29 is 23.9 Å². The molecule has 1 heterocycles. The zero-order valence-electron chi connectivity index (χ0n) is 30.1. The first-order valence-corrected chi connectivity index (χ1v) is 21.4. The van der Waals surface area contributed by atoms with Crippen molar-refractivity contribution in [1.29, 1.82) is 0 Å². The number of carbonyl (C=O) groups is 4. The quantitative estimate of drug-likeness (QED) is 0.106. The number of rotatable bonds is 3. The average Bonchev–Trinajstić information content (AvgIpc) is 3.99. The van der Waals surface area contributed by atoms with Crippen molar-refractivity contribution in [2.75, 3.05) is 7.11 Å². The largest absolute Gasteiger partial charge is 0.468 e. The topological polar surface area (TPSA) is 109 Å². The van der Waals surface area contributed by atoms with Crippen LogP contribution < -0.4 is 0 Å². The Morgan fingerprint density at radius 2 is 1.20 bits per heavy atom. The summed E-state index contributed by atoms with van der Waals surface area (Å²) in [4.78, 5) is 51.7. The minimum Gasteiger partial charge on any atom is -0.468 e. The molecule has 12 heteroatoms. The third-order valence-electron chi connectivity index (χ3n) is 10.4. The van der Waals surface area contributed by atoms with Gasteiger partial charge in [0.1, 0.15) is 11.7 Å². The van der Waals surface area contributed by atoms with Crippen LogP contribution in [0.3, 0.4) is 0 Å². The number of ether oxygens (including phenoxy) is 1. The number of hydrogen-bond donors (Lipinski definition) is 2. The summed E-state index contributed by atoms with van der Waals surface area (Å²) in [7, 11) is 1.30. The molecule has 0 spiro atoms. The van der Waals surface area contributed by atoms with Crippen molar-refractivity contribution in [1.82, 2.24) is 9.97 Å². The molecule has 0 radical (unpaired) electrons. The molecule has 4 aliphatic carbocycles. The molecular weight excluding hydrogens is 976 g/mol. The highest BCUT2D eigenvalue weighted by molar-refractivity contribution is 9.11. The monoisotopic (exact) mass is 1010 g/mol. The van der Waals surface area contributed by atoms with Crippen LogP contribution >= 0.6 is 75.9 Å². The maximum atomic E-state index is 11.8. The van der Waals surface area contributed by atoms with Gasteiger partial charge in [0.25, 0.3) is 0 Å². The molecule has 55 heavy (non-hydrogen) atoms. The molecule has 0 amide bonds. The van der Waals surface area contributed by atoms with E-state index in [1.165, 1.54) is 40.6 Å². The third-order valence-corrected chi connectivity index (χ3v) is 12.6. The van der Waals surface area contributed by atoms with Crippen molar-refractivity contribution in [3.63, 3.8) is 0 Å². The number of esters is 1. The van der Waals surface area contributed by atoms with Gasteiger partial charge in [0, 0.05) is 59.2 Å². The number of ketones is 3. The second-order valence-electron chi connectivity index (χ2n) is 14.0. The van der Waals surface area contributed by atoms with E-state index in [9.17, 15) is 19.2 Å². The zero-order valence-corrected chi connectivity index (χ0v) is 37.3. The van der Waals surface area contributed by atoms with Gasteiger partial charge in [-0.05, 0) is 146 Å². The maximum Gasteiger partial charge on any atom is 0.316 e. The van der Waals surface area contributed by atoms with Crippen molar-refractivity contribution in [2.24, 2.45) is 11.8 Å². The standard InChI is InChI=1S/C12H11BrN2S.C11H9BrO3.C11H11BrO.C9H7BrO/c13-10-2-1-7-3-9(4-8(7)5-10)11-6-14-12(16)15-11;1-15-11(14)9-5-6-4-7(12)2-3-8(6)10(9)13;1-7(13)9-4-8-2-3-11(12)6-10(8)5-9;10-7-2-3-8-6(5-7)1-4-9(8)11/h1-2,5-6,9H,3-4H2,(H2,14,15,16);2-4,9H,5H2,1H3;2-3,6,9H,4-5H2,1H3;2-3,5H,1,4H2. The van der Waals surface area contributed by atoms with Crippen LogP contribution in [0.15, 0.2) is 96.9 Å². The lowest BCUT2D eigenvalue weighted by Gasteiger charge is -2.04. The van der Waals surface area contributed by atoms with E-state index in [1.807, 2.05) is 36.5 Å². The Balaban J connectivity index is 0.000000126. The molecule has 9 rings (SSSR count). The summed E-state index contributed by atoms with van der Waals surface area (Å²) < 4.78 is 9.55. The molecule has 0 bridgehead atoms. The summed E-state index contributed by atoms with van der Waals surface area (Å²) in [6.45, 7) is 1.69. The van der Waals surface area contributed by atoms with Crippen LogP contribution in [-0.2, 0) is 52.9 Å². The zero-order chi connectivity index (χ0) is 39.4. The molecule has 2 N–H and O–H groups in total. The molecule has 4 aromatic carbocycles. The minimum absolute atomic E-state index is 0.135. The Hall–Kier alpha value is -3.29. The van der Waals surface area contributed by atoms with Gasteiger partial charge in [0.2, 0.25) is 0 Å². The van der Waals surface area contributed by atoms with Gasteiger partial charge in [-0.2, -0.15) is 0 Å². The van der Waals surface area contributed by atoms with Crippen LogP contribution in [0.5, 0.6) is 0 Å². The Morgan fingerprint density at radius 1 is 0.673 bits per heavy atom. The van der Waals surface area contributed by atoms with Gasteiger partial charge in [-0.15, -0.1) is 0 Å². The van der Waals surface area contributed by atoms with Gasteiger partial charge < -0.3 is 14.7 Å². The van der Waals surface area contributed by atoms with Gasteiger partial charge in [0.15, 0.2) is 16.3 Å². The Morgan fingerprint density at radius 3 is 1.80 bits per heavy atom. The van der Waals surface area contributed by atoms with Gasteiger partial charge in [-0.1, -0.05) is 81.9 Å². The summed E-state index contributed by atoms with van der Waals surface area (Å²) in [5.74, 6) is 0.123. The molecule has 0 saturated heterocycles. The molecule has 0 aliphatic heterocycles. The fraction of sp³-hybridized carbons (Fsp3) is 0.279. The lowest BCUT2D eigenvalue weighted by molar-refractivity contribution is -0.143. The van der Waals surface area contributed by atoms with Gasteiger partial charge in [-0.25, -0.2) is 0 Å². The molecule has 7 nitrogen and oxygen atoms in total. The SMILES string of the molecule is CC(=O)C1Cc2ccc(Br)cc2C1.COC(=O)C1Cc2cc(Br)ccc2C1=O.O=C1CCc2cc(Br)ccc21.S=c1[nH]cc(C2Cc3ccc(Br)cc3C2)[nH]1. The molecule has 3 atom stereocenters. The number of benzene rings is 4. The second-order valence-corrected chi connectivity index (χ2v) is 18.1. The number of aromatic amines is 2. The number of aryl methyl sites for hydroxylation is 1. The Kier molecular flexibility index (Phi) is 13.8.